The Hall–Kier alpha value is -2.21. The van der Waals surface area contributed by atoms with Gasteiger partial charge in [0.05, 0.1) is 11.7 Å². The van der Waals surface area contributed by atoms with Gasteiger partial charge in [-0.25, -0.2) is 4.98 Å². The number of hydrogen-bond acceptors (Lipinski definition) is 4. The monoisotopic (exact) mass is 399 g/mol. The van der Waals surface area contributed by atoms with Crippen LogP contribution in [0.4, 0.5) is 0 Å². The number of halogens is 1. The molecule has 0 saturated heterocycles. The molecule has 3 rings (SSSR count). The van der Waals surface area contributed by atoms with E-state index in [1.807, 2.05) is 63.5 Å². The van der Waals surface area contributed by atoms with Crippen molar-refractivity contribution in [1.29, 1.82) is 0 Å². The minimum Gasteiger partial charge on any atom is -0.349 e. The molecule has 2 aromatic carbocycles. The summed E-state index contributed by atoms with van der Waals surface area (Å²) in [6.07, 6.45) is 0. The van der Waals surface area contributed by atoms with Gasteiger partial charge in [0, 0.05) is 17.1 Å². The molecule has 1 heterocycles. The first kappa shape index (κ1) is 19.5. The van der Waals surface area contributed by atoms with Crippen LogP contribution in [0.5, 0.6) is 0 Å². The highest BCUT2D eigenvalue weighted by molar-refractivity contribution is 7.17. The standard InChI is InChI=1S/C21H22ClN3OS/c1-14-19(27-21(24-14)16-10-7-11-17(22)12-16)20(26)23-13-18(25(2)3)15-8-5-4-6-9-15/h4-12,18H,13H2,1-3H3,(H,23,26)/t18-/m0/s1. The molecule has 0 aliphatic carbocycles. The van der Waals surface area contributed by atoms with Crippen molar-refractivity contribution in [3.8, 4) is 10.6 Å². The molecule has 1 aromatic heterocycles. The molecule has 0 aliphatic heterocycles. The number of thiazole rings is 1. The molecular weight excluding hydrogens is 378 g/mol. The van der Waals surface area contributed by atoms with Gasteiger partial charge in [0.15, 0.2) is 0 Å². The molecule has 0 radical (unpaired) electrons. The van der Waals surface area contributed by atoms with Gasteiger partial charge in [-0.15, -0.1) is 11.3 Å². The zero-order chi connectivity index (χ0) is 19.4. The highest BCUT2D eigenvalue weighted by Gasteiger charge is 2.19. The van der Waals surface area contributed by atoms with E-state index in [2.05, 4.69) is 27.3 Å². The maximum atomic E-state index is 12.8. The van der Waals surface area contributed by atoms with E-state index >= 15 is 0 Å². The van der Waals surface area contributed by atoms with Crippen molar-refractivity contribution < 1.29 is 4.79 Å². The number of benzene rings is 2. The van der Waals surface area contributed by atoms with Gasteiger partial charge in [-0.1, -0.05) is 54.1 Å². The van der Waals surface area contributed by atoms with E-state index in [1.54, 1.807) is 0 Å². The van der Waals surface area contributed by atoms with Crippen LogP contribution in [0.1, 0.15) is 27.0 Å². The molecule has 1 atom stereocenters. The summed E-state index contributed by atoms with van der Waals surface area (Å²) in [5, 5.41) is 4.51. The Labute approximate surface area is 168 Å². The van der Waals surface area contributed by atoms with Crippen molar-refractivity contribution in [2.75, 3.05) is 20.6 Å². The average Bonchev–Trinajstić information content (AvgIpc) is 3.04. The molecule has 0 fully saturated rings. The number of carbonyl (C=O) groups excluding carboxylic acids is 1. The lowest BCUT2D eigenvalue weighted by atomic mass is 10.1. The lowest BCUT2D eigenvalue weighted by Crippen LogP contribution is -2.34. The molecule has 0 aliphatic rings. The lowest BCUT2D eigenvalue weighted by Gasteiger charge is -2.25. The van der Waals surface area contributed by atoms with Gasteiger partial charge >= 0.3 is 0 Å². The van der Waals surface area contributed by atoms with Gasteiger partial charge in [-0.3, -0.25) is 4.79 Å². The van der Waals surface area contributed by atoms with Gasteiger partial charge in [0.2, 0.25) is 0 Å². The van der Waals surface area contributed by atoms with E-state index in [9.17, 15) is 4.79 Å². The summed E-state index contributed by atoms with van der Waals surface area (Å²) in [7, 11) is 4.03. The van der Waals surface area contributed by atoms with Gasteiger partial charge < -0.3 is 10.2 Å². The molecule has 4 nitrogen and oxygen atoms in total. The second-order valence-corrected chi connectivity index (χ2v) is 7.98. The Kier molecular flexibility index (Phi) is 6.26. The third-order valence-corrected chi connectivity index (χ3v) is 5.78. The molecule has 1 N–H and O–H groups in total. The van der Waals surface area contributed by atoms with Crippen molar-refractivity contribution in [1.82, 2.24) is 15.2 Å². The summed E-state index contributed by atoms with van der Waals surface area (Å²) in [6, 6.07) is 17.8. The zero-order valence-electron chi connectivity index (χ0n) is 15.6. The van der Waals surface area contributed by atoms with Crippen LogP contribution in [-0.4, -0.2) is 36.4 Å². The molecule has 3 aromatic rings. The molecule has 140 valence electrons. The van der Waals surface area contributed by atoms with Crippen molar-refractivity contribution in [2.45, 2.75) is 13.0 Å². The SMILES string of the molecule is Cc1nc(-c2cccc(Cl)c2)sc1C(=O)NC[C@@H](c1ccccc1)N(C)C. The normalized spacial score (nSPS) is 12.2. The van der Waals surface area contributed by atoms with Gasteiger partial charge in [-0.2, -0.15) is 0 Å². The predicted molar refractivity (Wildman–Crippen MR) is 113 cm³/mol. The maximum Gasteiger partial charge on any atom is 0.263 e. The van der Waals surface area contributed by atoms with Crippen LogP contribution in [0.25, 0.3) is 10.6 Å². The number of nitrogens with zero attached hydrogens (tertiary/aromatic N) is 2. The Morgan fingerprint density at radius 2 is 1.93 bits per heavy atom. The maximum absolute atomic E-state index is 12.8. The van der Waals surface area contributed by atoms with Crippen LogP contribution in [0.2, 0.25) is 5.02 Å². The van der Waals surface area contributed by atoms with E-state index in [1.165, 1.54) is 16.9 Å². The fraction of sp³-hybridized carbons (Fsp3) is 0.238. The summed E-state index contributed by atoms with van der Waals surface area (Å²) in [4.78, 5) is 20.0. The van der Waals surface area contributed by atoms with E-state index in [0.29, 0.717) is 16.4 Å². The molecule has 1 amide bonds. The fourth-order valence-electron chi connectivity index (χ4n) is 2.90. The third-order valence-electron chi connectivity index (χ3n) is 4.34. The van der Waals surface area contributed by atoms with Crippen molar-refractivity contribution >= 4 is 28.8 Å². The van der Waals surface area contributed by atoms with Crippen LogP contribution >= 0.6 is 22.9 Å². The smallest absolute Gasteiger partial charge is 0.263 e. The van der Waals surface area contributed by atoms with E-state index in [-0.39, 0.29) is 11.9 Å². The summed E-state index contributed by atoms with van der Waals surface area (Å²) < 4.78 is 0. The van der Waals surface area contributed by atoms with Crippen molar-refractivity contribution in [3.63, 3.8) is 0 Å². The number of aryl methyl sites for hydroxylation is 1. The Bertz CT molecular complexity index is 924. The van der Waals surface area contributed by atoms with E-state index in [4.69, 9.17) is 11.6 Å². The largest absolute Gasteiger partial charge is 0.349 e. The number of carbonyl (C=O) groups is 1. The highest BCUT2D eigenvalue weighted by Crippen LogP contribution is 2.29. The van der Waals surface area contributed by atoms with Crippen LogP contribution in [0, 0.1) is 6.92 Å². The number of likely N-dealkylation sites (N-methyl/N-ethyl adjacent to an activating group) is 1. The van der Waals surface area contributed by atoms with E-state index in [0.717, 1.165) is 16.3 Å². The Balaban J connectivity index is 1.74. The van der Waals surface area contributed by atoms with Crippen LogP contribution in [0.15, 0.2) is 54.6 Å². The molecule has 6 heteroatoms. The van der Waals surface area contributed by atoms with Crippen molar-refractivity contribution in [2.24, 2.45) is 0 Å². The first-order valence-electron chi connectivity index (χ1n) is 8.68. The first-order valence-corrected chi connectivity index (χ1v) is 9.88. The topological polar surface area (TPSA) is 45.2 Å². The van der Waals surface area contributed by atoms with E-state index < -0.39 is 0 Å². The lowest BCUT2D eigenvalue weighted by molar-refractivity contribution is 0.0945. The number of amides is 1. The summed E-state index contributed by atoms with van der Waals surface area (Å²) in [6.45, 7) is 2.39. The van der Waals surface area contributed by atoms with Gasteiger partial charge in [-0.05, 0) is 38.7 Å². The van der Waals surface area contributed by atoms with Crippen LogP contribution < -0.4 is 5.32 Å². The fourth-order valence-corrected chi connectivity index (χ4v) is 4.06. The molecule has 27 heavy (non-hydrogen) atoms. The zero-order valence-corrected chi connectivity index (χ0v) is 17.1. The number of rotatable bonds is 6. The third kappa shape index (κ3) is 4.75. The first-order chi connectivity index (χ1) is 13.0. The summed E-state index contributed by atoms with van der Waals surface area (Å²) >= 11 is 7.46. The highest BCUT2D eigenvalue weighted by atomic mass is 35.5. The predicted octanol–water partition coefficient (Wildman–Crippen LogP) is 4.80. The average molecular weight is 400 g/mol. The number of hydrogen-bond donors (Lipinski definition) is 1. The molecular formula is C21H22ClN3OS. The summed E-state index contributed by atoms with van der Waals surface area (Å²) in [5.41, 5.74) is 2.82. The van der Waals surface area contributed by atoms with Gasteiger partial charge in [0.1, 0.15) is 9.88 Å². The van der Waals surface area contributed by atoms with Crippen LogP contribution in [0.3, 0.4) is 0 Å². The van der Waals surface area contributed by atoms with Crippen molar-refractivity contribution in [3.05, 3.63) is 75.8 Å². The summed E-state index contributed by atoms with van der Waals surface area (Å²) in [5.74, 6) is -0.0962. The molecule has 0 spiro atoms. The minimum absolute atomic E-state index is 0.0962. The minimum atomic E-state index is -0.0962. The molecule has 0 unspecified atom stereocenters. The molecule has 0 bridgehead atoms. The number of nitrogens with one attached hydrogen (secondary N) is 1. The quantitative estimate of drug-likeness (QED) is 0.647. The molecule has 0 saturated carbocycles. The van der Waals surface area contributed by atoms with Crippen LogP contribution in [-0.2, 0) is 0 Å². The second kappa shape index (κ2) is 8.65. The Morgan fingerprint density at radius 3 is 2.59 bits per heavy atom. The number of aromatic nitrogens is 1. The van der Waals surface area contributed by atoms with Gasteiger partial charge in [0.25, 0.3) is 5.91 Å². The second-order valence-electron chi connectivity index (χ2n) is 6.54. The Morgan fingerprint density at radius 1 is 1.19 bits per heavy atom.